The van der Waals surface area contributed by atoms with Gasteiger partial charge in [0.05, 0.1) is 0 Å². The summed E-state index contributed by atoms with van der Waals surface area (Å²) in [5, 5.41) is 0. The Morgan fingerprint density at radius 3 is 2.38 bits per heavy atom. The Bertz CT molecular complexity index is 278. The van der Waals surface area contributed by atoms with Crippen molar-refractivity contribution < 1.29 is 8.42 Å². The van der Waals surface area contributed by atoms with Crippen molar-refractivity contribution in [3.05, 3.63) is 0 Å². The molecule has 1 atom stereocenters. The van der Waals surface area contributed by atoms with Crippen LogP contribution in [-0.2, 0) is 10.2 Å². The molecule has 0 aromatic rings. The van der Waals surface area contributed by atoms with Crippen molar-refractivity contribution in [1.82, 2.24) is 9.44 Å². The molecule has 0 radical (unpaired) electrons. The summed E-state index contributed by atoms with van der Waals surface area (Å²) in [4.78, 5) is 0. The second-order valence-electron chi connectivity index (χ2n) is 4.01. The molecule has 1 aliphatic carbocycles. The molecule has 0 aliphatic heterocycles. The van der Waals surface area contributed by atoms with E-state index in [0.29, 0.717) is 19.0 Å². The molecule has 0 saturated heterocycles. The third kappa shape index (κ3) is 4.97. The summed E-state index contributed by atoms with van der Waals surface area (Å²) in [7, 11) is -3.36. The van der Waals surface area contributed by atoms with Crippen LogP contribution in [0.1, 0.15) is 32.6 Å². The van der Waals surface area contributed by atoms with Crippen LogP contribution in [0.5, 0.6) is 0 Å². The summed E-state index contributed by atoms with van der Waals surface area (Å²) >= 11 is 0. The van der Waals surface area contributed by atoms with Crippen molar-refractivity contribution in [1.29, 1.82) is 0 Å². The molecule has 4 N–H and O–H groups in total. The van der Waals surface area contributed by atoms with E-state index in [-0.39, 0.29) is 18.4 Å². The van der Waals surface area contributed by atoms with Gasteiger partial charge in [0.1, 0.15) is 0 Å². The molecule has 0 aromatic carbocycles. The number of hydrogen-bond acceptors (Lipinski definition) is 3. The summed E-state index contributed by atoms with van der Waals surface area (Å²) in [6.45, 7) is 2.53. The minimum absolute atomic E-state index is 0. The molecule has 1 saturated carbocycles. The van der Waals surface area contributed by atoms with Gasteiger partial charge in [-0.05, 0) is 18.8 Å². The van der Waals surface area contributed by atoms with Crippen LogP contribution in [-0.4, -0.2) is 27.5 Å². The van der Waals surface area contributed by atoms with E-state index in [4.69, 9.17) is 5.73 Å². The molecule has 0 aromatic heterocycles. The highest BCUT2D eigenvalue weighted by atomic mass is 35.5. The molecule has 1 fully saturated rings. The number of rotatable bonds is 6. The average Bonchev–Trinajstić information content (AvgIpc) is 2.67. The van der Waals surface area contributed by atoms with Crippen molar-refractivity contribution in [3.8, 4) is 0 Å². The van der Waals surface area contributed by atoms with Gasteiger partial charge in [0.2, 0.25) is 0 Å². The highest BCUT2D eigenvalue weighted by molar-refractivity contribution is 7.87. The third-order valence-corrected chi connectivity index (χ3v) is 4.15. The van der Waals surface area contributed by atoms with Crippen molar-refractivity contribution in [2.45, 2.75) is 38.6 Å². The van der Waals surface area contributed by atoms with Gasteiger partial charge in [-0.25, -0.2) is 4.72 Å². The van der Waals surface area contributed by atoms with Crippen molar-refractivity contribution in [2.75, 3.05) is 13.1 Å². The standard InChI is InChI=1S/C9H21N3O2S.ClH/c1-2-11-15(13,14)12-9(7-10)8-5-3-4-6-8;/h8-9,11-12H,2-7,10H2,1H3;1H. The smallest absolute Gasteiger partial charge is 0.277 e. The molecule has 0 heterocycles. The minimum atomic E-state index is -3.36. The fourth-order valence-corrected chi connectivity index (χ4v) is 3.28. The van der Waals surface area contributed by atoms with E-state index >= 15 is 0 Å². The molecule has 5 nitrogen and oxygen atoms in total. The van der Waals surface area contributed by atoms with Gasteiger partial charge < -0.3 is 5.73 Å². The van der Waals surface area contributed by atoms with Crippen LogP contribution in [0.2, 0.25) is 0 Å². The van der Waals surface area contributed by atoms with Gasteiger partial charge in [-0.1, -0.05) is 19.8 Å². The Hall–Kier alpha value is 0.120. The zero-order valence-corrected chi connectivity index (χ0v) is 11.2. The number of halogens is 1. The Labute approximate surface area is 104 Å². The lowest BCUT2D eigenvalue weighted by Gasteiger charge is -2.22. The lowest BCUT2D eigenvalue weighted by molar-refractivity contribution is 0.403. The molecule has 0 amide bonds. The van der Waals surface area contributed by atoms with Crippen LogP contribution in [0.15, 0.2) is 0 Å². The van der Waals surface area contributed by atoms with Crippen LogP contribution < -0.4 is 15.2 Å². The summed E-state index contributed by atoms with van der Waals surface area (Å²) in [6, 6.07) is -0.114. The molecular formula is C9H22ClN3O2S. The zero-order valence-electron chi connectivity index (χ0n) is 9.61. The molecule has 98 valence electrons. The topological polar surface area (TPSA) is 84.2 Å². The number of nitrogens with one attached hydrogen (secondary N) is 2. The number of hydrogen-bond donors (Lipinski definition) is 3. The van der Waals surface area contributed by atoms with Crippen LogP contribution in [0.25, 0.3) is 0 Å². The molecule has 1 unspecified atom stereocenters. The van der Waals surface area contributed by atoms with Crippen molar-refractivity contribution in [3.63, 3.8) is 0 Å². The quantitative estimate of drug-likeness (QED) is 0.653. The highest BCUT2D eigenvalue weighted by Gasteiger charge is 2.27. The third-order valence-electron chi connectivity index (χ3n) is 2.86. The van der Waals surface area contributed by atoms with Crippen LogP contribution >= 0.6 is 12.4 Å². The first-order valence-corrected chi connectivity index (χ1v) is 7.04. The van der Waals surface area contributed by atoms with Gasteiger partial charge in [0, 0.05) is 19.1 Å². The first-order valence-electron chi connectivity index (χ1n) is 5.56. The first kappa shape index (κ1) is 16.1. The van der Waals surface area contributed by atoms with E-state index in [0.717, 1.165) is 12.8 Å². The molecule has 7 heteroatoms. The van der Waals surface area contributed by atoms with Gasteiger partial charge >= 0.3 is 0 Å². The Balaban J connectivity index is 0.00000225. The lowest BCUT2D eigenvalue weighted by atomic mass is 9.99. The van der Waals surface area contributed by atoms with Crippen LogP contribution in [0.3, 0.4) is 0 Å². The van der Waals surface area contributed by atoms with Gasteiger partial charge in [-0.2, -0.15) is 13.1 Å². The normalized spacial score (nSPS) is 19.4. The van der Waals surface area contributed by atoms with Crippen molar-refractivity contribution in [2.24, 2.45) is 11.7 Å². The van der Waals surface area contributed by atoms with Gasteiger partial charge in [0.15, 0.2) is 0 Å². The summed E-state index contributed by atoms with van der Waals surface area (Å²) in [6.07, 6.45) is 4.53. The Kier molecular flexibility index (Phi) is 7.50. The molecular weight excluding hydrogens is 250 g/mol. The Morgan fingerprint density at radius 1 is 1.38 bits per heavy atom. The molecule has 0 bridgehead atoms. The largest absolute Gasteiger partial charge is 0.329 e. The number of nitrogens with two attached hydrogens (primary N) is 1. The molecule has 16 heavy (non-hydrogen) atoms. The van der Waals surface area contributed by atoms with E-state index in [1.54, 1.807) is 6.92 Å². The highest BCUT2D eigenvalue weighted by Crippen LogP contribution is 2.27. The van der Waals surface area contributed by atoms with E-state index in [2.05, 4.69) is 9.44 Å². The van der Waals surface area contributed by atoms with E-state index < -0.39 is 10.2 Å². The van der Waals surface area contributed by atoms with E-state index in [1.165, 1.54) is 12.8 Å². The SMILES string of the molecule is CCNS(=O)(=O)NC(CN)C1CCCC1.Cl. The zero-order chi connectivity index (χ0) is 11.3. The molecule has 1 rings (SSSR count). The maximum absolute atomic E-state index is 11.5. The van der Waals surface area contributed by atoms with E-state index in [9.17, 15) is 8.42 Å². The lowest BCUT2D eigenvalue weighted by Crippen LogP contribution is -2.48. The summed E-state index contributed by atoms with van der Waals surface area (Å²) < 4.78 is 28.0. The summed E-state index contributed by atoms with van der Waals surface area (Å²) in [5.74, 6) is 0.406. The van der Waals surface area contributed by atoms with Gasteiger partial charge in [-0.3, -0.25) is 0 Å². The van der Waals surface area contributed by atoms with Crippen molar-refractivity contribution >= 4 is 22.6 Å². The monoisotopic (exact) mass is 271 g/mol. The first-order chi connectivity index (χ1) is 7.09. The summed E-state index contributed by atoms with van der Waals surface area (Å²) in [5.41, 5.74) is 5.60. The van der Waals surface area contributed by atoms with Crippen LogP contribution in [0, 0.1) is 5.92 Å². The molecule has 0 spiro atoms. The van der Waals surface area contributed by atoms with Gasteiger partial charge in [0.25, 0.3) is 10.2 Å². The fraction of sp³-hybridized carbons (Fsp3) is 1.00. The van der Waals surface area contributed by atoms with E-state index in [1.807, 2.05) is 0 Å². The Morgan fingerprint density at radius 2 is 1.94 bits per heavy atom. The second-order valence-corrected chi connectivity index (χ2v) is 5.54. The van der Waals surface area contributed by atoms with Gasteiger partial charge in [-0.15, -0.1) is 12.4 Å². The second kappa shape index (κ2) is 7.45. The maximum atomic E-state index is 11.5. The maximum Gasteiger partial charge on any atom is 0.277 e. The average molecular weight is 272 g/mol. The fourth-order valence-electron chi connectivity index (χ4n) is 2.13. The van der Waals surface area contributed by atoms with Crippen LogP contribution in [0.4, 0.5) is 0 Å². The predicted molar refractivity (Wildman–Crippen MR) is 67.8 cm³/mol. The minimum Gasteiger partial charge on any atom is -0.329 e. The predicted octanol–water partition coefficient (Wildman–Crippen LogP) is 0.370. The molecule has 1 aliphatic rings.